The maximum absolute atomic E-state index is 5.19. The standard InChI is InChI=1S/C20H17O/c1-15-4-3-5-19(14-15)18-8-6-16(7-9-18)17-10-12-20(21-2)13-11-17/h3,5-14H,1-2H3. The van der Waals surface area contributed by atoms with Crippen molar-refractivity contribution in [3.8, 4) is 28.0 Å². The molecule has 0 heterocycles. The molecule has 0 aliphatic carbocycles. The second-order valence-corrected chi connectivity index (χ2v) is 5.07. The van der Waals surface area contributed by atoms with Crippen molar-refractivity contribution in [1.29, 1.82) is 0 Å². The van der Waals surface area contributed by atoms with E-state index in [0.717, 1.165) is 11.3 Å². The lowest BCUT2D eigenvalue weighted by Crippen LogP contribution is -1.83. The van der Waals surface area contributed by atoms with E-state index in [1.54, 1.807) is 7.11 Å². The molecule has 0 saturated heterocycles. The summed E-state index contributed by atoms with van der Waals surface area (Å²) in [5, 5.41) is 0. The van der Waals surface area contributed by atoms with Gasteiger partial charge in [-0.3, -0.25) is 0 Å². The van der Waals surface area contributed by atoms with E-state index in [-0.39, 0.29) is 0 Å². The Morgan fingerprint density at radius 2 is 1.24 bits per heavy atom. The van der Waals surface area contributed by atoms with Gasteiger partial charge in [-0.25, -0.2) is 0 Å². The third kappa shape index (κ3) is 2.97. The van der Waals surface area contributed by atoms with Gasteiger partial charge in [-0.2, -0.15) is 0 Å². The number of hydrogen-bond donors (Lipinski definition) is 0. The van der Waals surface area contributed by atoms with Crippen LogP contribution < -0.4 is 4.74 Å². The first-order valence-corrected chi connectivity index (χ1v) is 6.99. The quantitative estimate of drug-likeness (QED) is 0.642. The van der Waals surface area contributed by atoms with Crippen LogP contribution in [0.3, 0.4) is 0 Å². The van der Waals surface area contributed by atoms with Crippen molar-refractivity contribution in [1.82, 2.24) is 0 Å². The lowest BCUT2D eigenvalue weighted by molar-refractivity contribution is 0.415. The Labute approximate surface area is 125 Å². The van der Waals surface area contributed by atoms with Crippen LogP contribution >= 0.6 is 0 Å². The van der Waals surface area contributed by atoms with Gasteiger partial charge >= 0.3 is 0 Å². The maximum atomic E-state index is 5.19. The average Bonchev–Trinajstić information content (AvgIpc) is 2.55. The van der Waals surface area contributed by atoms with Crippen LogP contribution in [0.15, 0.2) is 66.7 Å². The highest BCUT2D eigenvalue weighted by molar-refractivity contribution is 5.70. The molecule has 1 heteroatoms. The van der Waals surface area contributed by atoms with Gasteiger partial charge in [-0.15, -0.1) is 0 Å². The molecule has 0 fully saturated rings. The summed E-state index contributed by atoms with van der Waals surface area (Å²) in [4.78, 5) is 0. The SMILES string of the molecule is COc1ccc(-c2ccc(-c3cc[c]c(C)c3)cc2)cc1. The van der Waals surface area contributed by atoms with Gasteiger partial charge in [0.1, 0.15) is 5.75 Å². The van der Waals surface area contributed by atoms with Crippen molar-refractivity contribution in [2.75, 3.05) is 7.11 Å². The van der Waals surface area contributed by atoms with Crippen molar-refractivity contribution in [2.45, 2.75) is 6.92 Å². The van der Waals surface area contributed by atoms with Crippen molar-refractivity contribution in [2.24, 2.45) is 0 Å². The molecule has 0 spiro atoms. The number of ether oxygens (including phenoxy) is 1. The lowest BCUT2D eigenvalue weighted by atomic mass is 9.99. The van der Waals surface area contributed by atoms with Crippen molar-refractivity contribution in [3.05, 3.63) is 78.4 Å². The van der Waals surface area contributed by atoms with E-state index in [4.69, 9.17) is 4.74 Å². The summed E-state index contributed by atoms with van der Waals surface area (Å²) in [5.41, 5.74) is 6.02. The predicted molar refractivity (Wildman–Crippen MR) is 87.4 cm³/mol. The molecule has 1 radical (unpaired) electrons. The zero-order valence-electron chi connectivity index (χ0n) is 12.3. The minimum absolute atomic E-state index is 0.881. The minimum atomic E-state index is 0.881. The third-order valence-corrected chi connectivity index (χ3v) is 3.59. The van der Waals surface area contributed by atoms with E-state index < -0.39 is 0 Å². The van der Waals surface area contributed by atoms with Crippen LogP contribution in [-0.2, 0) is 0 Å². The molecule has 3 rings (SSSR count). The molecule has 3 aromatic carbocycles. The van der Waals surface area contributed by atoms with E-state index in [9.17, 15) is 0 Å². The van der Waals surface area contributed by atoms with E-state index >= 15 is 0 Å². The summed E-state index contributed by atoms with van der Waals surface area (Å²) < 4.78 is 5.19. The van der Waals surface area contributed by atoms with Crippen LogP contribution in [0.2, 0.25) is 0 Å². The van der Waals surface area contributed by atoms with Gasteiger partial charge < -0.3 is 4.74 Å². The molecule has 0 aliphatic heterocycles. The fraction of sp³-hybridized carbons (Fsp3) is 0.100. The Morgan fingerprint density at radius 1 is 0.714 bits per heavy atom. The molecule has 0 aromatic heterocycles. The summed E-state index contributed by atoms with van der Waals surface area (Å²) in [5.74, 6) is 0.881. The second kappa shape index (κ2) is 5.84. The van der Waals surface area contributed by atoms with Gasteiger partial charge in [-0.05, 0) is 52.9 Å². The lowest BCUT2D eigenvalue weighted by Gasteiger charge is -2.06. The Balaban J connectivity index is 1.89. The molecule has 0 saturated carbocycles. The molecule has 3 aromatic rings. The fourth-order valence-corrected chi connectivity index (χ4v) is 2.40. The predicted octanol–water partition coefficient (Wildman–Crippen LogP) is 5.14. The molecular formula is C20H17O. The van der Waals surface area contributed by atoms with Crippen LogP contribution in [-0.4, -0.2) is 7.11 Å². The molecule has 0 aliphatic rings. The number of benzene rings is 3. The number of hydrogen-bond acceptors (Lipinski definition) is 1. The monoisotopic (exact) mass is 273 g/mol. The normalized spacial score (nSPS) is 10.4. The van der Waals surface area contributed by atoms with Crippen LogP contribution in [0.4, 0.5) is 0 Å². The zero-order valence-corrected chi connectivity index (χ0v) is 12.3. The molecule has 0 N–H and O–H groups in total. The molecule has 103 valence electrons. The summed E-state index contributed by atoms with van der Waals surface area (Å²) in [6.45, 7) is 2.06. The van der Waals surface area contributed by atoms with Crippen LogP contribution in [0.1, 0.15) is 5.56 Å². The minimum Gasteiger partial charge on any atom is -0.497 e. The highest BCUT2D eigenvalue weighted by Gasteiger charge is 2.01. The summed E-state index contributed by atoms with van der Waals surface area (Å²) in [6, 6.07) is 26.2. The Bertz CT molecular complexity index is 725. The van der Waals surface area contributed by atoms with Crippen molar-refractivity contribution in [3.63, 3.8) is 0 Å². The van der Waals surface area contributed by atoms with E-state index in [2.05, 4.69) is 61.5 Å². The molecule has 21 heavy (non-hydrogen) atoms. The van der Waals surface area contributed by atoms with Gasteiger partial charge in [0.25, 0.3) is 0 Å². The molecule has 0 unspecified atom stereocenters. The highest BCUT2D eigenvalue weighted by Crippen LogP contribution is 2.26. The van der Waals surface area contributed by atoms with E-state index in [1.165, 1.54) is 22.3 Å². The number of methoxy groups -OCH3 is 1. The van der Waals surface area contributed by atoms with Gasteiger partial charge in [0.05, 0.1) is 7.11 Å². The molecule has 0 amide bonds. The summed E-state index contributed by atoms with van der Waals surface area (Å²) in [7, 11) is 1.68. The molecule has 0 bridgehead atoms. The van der Waals surface area contributed by atoms with Crippen LogP contribution in [0.25, 0.3) is 22.3 Å². The second-order valence-electron chi connectivity index (χ2n) is 5.07. The van der Waals surface area contributed by atoms with Gasteiger partial charge in [0.2, 0.25) is 0 Å². The Morgan fingerprint density at radius 3 is 1.76 bits per heavy atom. The van der Waals surface area contributed by atoms with Crippen molar-refractivity contribution >= 4 is 0 Å². The summed E-state index contributed by atoms with van der Waals surface area (Å²) >= 11 is 0. The van der Waals surface area contributed by atoms with Gasteiger partial charge in [0.15, 0.2) is 0 Å². The largest absolute Gasteiger partial charge is 0.497 e. The van der Waals surface area contributed by atoms with Gasteiger partial charge in [-0.1, -0.05) is 54.6 Å². The van der Waals surface area contributed by atoms with Gasteiger partial charge in [0, 0.05) is 0 Å². The highest BCUT2D eigenvalue weighted by atomic mass is 16.5. The average molecular weight is 273 g/mol. The molecular weight excluding hydrogens is 256 g/mol. The zero-order chi connectivity index (χ0) is 14.7. The summed E-state index contributed by atoms with van der Waals surface area (Å²) in [6.07, 6.45) is 0. The first-order valence-electron chi connectivity index (χ1n) is 6.99. The Hall–Kier alpha value is -2.54. The Kier molecular flexibility index (Phi) is 3.74. The van der Waals surface area contributed by atoms with Crippen molar-refractivity contribution < 1.29 is 4.74 Å². The first kappa shape index (κ1) is 13.4. The van der Waals surface area contributed by atoms with Crippen LogP contribution in [0, 0.1) is 13.0 Å². The van der Waals surface area contributed by atoms with Crippen LogP contribution in [0.5, 0.6) is 5.75 Å². The number of aryl methyl sites for hydroxylation is 1. The first-order chi connectivity index (χ1) is 10.3. The van der Waals surface area contributed by atoms with E-state index in [1.807, 2.05) is 18.2 Å². The molecule has 0 atom stereocenters. The topological polar surface area (TPSA) is 9.23 Å². The smallest absolute Gasteiger partial charge is 0.118 e. The van der Waals surface area contributed by atoms with E-state index in [0.29, 0.717) is 0 Å². The molecule has 1 nitrogen and oxygen atoms in total. The number of rotatable bonds is 3. The fourth-order valence-electron chi connectivity index (χ4n) is 2.40. The third-order valence-electron chi connectivity index (χ3n) is 3.59. The maximum Gasteiger partial charge on any atom is 0.118 e.